The highest BCUT2D eigenvalue weighted by molar-refractivity contribution is 5.94. The van der Waals surface area contributed by atoms with Crippen molar-refractivity contribution < 1.29 is 14.0 Å². The zero-order chi connectivity index (χ0) is 11.4. The third-order valence-corrected chi connectivity index (χ3v) is 2.85. The standard InChI is InChI=1S/C10H17FN2O2/c1-3-7(2)9-10(15)12-6-8(14)13(9)5-4-11/h7,9H,3-6H2,1-2H3,(H,12,15). The van der Waals surface area contributed by atoms with E-state index in [9.17, 15) is 14.0 Å². The van der Waals surface area contributed by atoms with Gasteiger partial charge in [-0.3, -0.25) is 9.59 Å². The molecule has 86 valence electrons. The summed E-state index contributed by atoms with van der Waals surface area (Å²) in [4.78, 5) is 24.5. The van der Waals surface area contributed by atoms with Crippen molar-refractivity contribution in [1.29, 1.82) is 0 Å². The second kappa shape index (κ2) is 5.09. The van der Waals surface area contributed by atoms with Crippen LogP contribution in [0.4, 0.5) is 4.39 Å². The average molecular weight is 216 g/mol. The first-order chi connectivity index (χ1) is 7.11. The molecule has 0 aromatic rings. The second-order valence-electron chi connectivity index (χ2n) is 3.82. The minimum Gasteiger partial charge on any atom is -0.345 e. The van der Waals surface area contributed by atoms with Crippen LogP contribution in [0.25, 0.3) is 0 Å². The van der Waals surface area contributed by atoms with Gasteiger partial charge in [-0.1, -0.05) is 20.3 Å². The van der Waals surface area contributed by atoms with E-state index in [2.05, 4.69) is 5.32 Å². The Labute approximate surface area is 88.8 Å². The summed E-state index contributed by atoms with van der Waals surface area (Å²) in [5, 5.41) is 2.53. The maximum Gasteiger partial charge on any atom is 0.243 e. The summed E-state index contributed by atoms with van der Waals surface area (Å²) < 4.78 is 12.3. The highest BCUT2D eigenvalue weighted by Crippen LogP contribution is 2.17. The quantitative estimate of drug-likeness (QED) is 0.736. The van der Waals surface area contributed by atoms with E-state index in [1.54, 1.807) is 0 Å². The summed E-state index contributed by atoms with van der Waals surface area (Å²) in [6, 6.07) is -0.507. The van der Waals surface area contributed by atoms with Crippen molar-refractivity contribution in [2.75, 3.05) is 19.8 Å². The highest BCUT2D eigenvalue weighted by atomic mass is 19.1. The van der Waals surface area contributed by atoms with Gasteiger partial charge in [0.2, 0.25) is 11.8 Å². The molecule has 1 aliphatic rings. The third kappa shape index (κ3) is 2.46. The number of halogens is 1. The van der Waals surface area contributed by atoms with Crippen LogP contribution in [-0.2, 0) is 9.59 Å². The van der Waals surface area contributed by atoms with Crippen molar-refractivity contribution in [3.05, 3.63) is 0 Å². The molecule has 15 heavy (non-hydrogen) atoms. The SMILES string of the molecule is CCC(C)C1C(=O)NCC(=O)N1CCF. The van der Waals surface area contributed by atoms with Crippen molar-refractivity contribution in [3.63, 3.8) is 0 Å². The lowest BCUT2D eigenvalue weighted by atomic mass is 9.95. The first-order valence-corrected chi connectivity index (χ1v) is 5.25. The minimum atomic E-state index is -0.605. The lowest BCUT2D eigenvalue weighted by molar-refractivity contribution is -0.147. The van der Waals surface area contributed by atoms with Gasteiger partial charge in [0.1, 0.15) is 12.7 Å². The van der Waals surface area contributed by atoms with Crippen LogP contribution in [-0.4, -0.2) is 42.5 Å². The first kappa shape index (κ1) is 11.9. The van der Waals surface area contributed by atoms with Crippen LogP contribution in [0.15, 0.2) is 0 Å². The highest BCUT2D eigenvalue weighted by Gasteiger charge is 2.36. The summed E-state index contributed by atoms with van der Waals surface area (Å²) in [6.45, 7) is 3.25. The van der Waals surface area contributed by atoms with E-state index >= 15 is 0 Å². The molecule has 1 saturated heterocycles. The van der Waals surface area contributed by atoms with Crippen molar-refractivity contribution in [3.8, 4) is 0 Å². The Morgan fingerprint density at radius 2 is 2.27 bits per heavy atom. The zero-order valence-corrected chi connectivity index (χ0v) is 9.12. The Morgan fingerprint density at radius 3 is 2.80 bits per heavy atom. The first-order valence-electron chi connectivity index (χ1n) is 5.25. The smallest absolute Gasteiger partial charge is 0.243 e. The molecule has 0 saturated carbocycles. The Balaban J connectivity index is 2.82. The lowest BCUT2D eigenvalue weighted by Gasteiger charge is -2.37. The Hall–Kier alpha value is -1.13. The number of amides is 2. The van der Waals surface area contributed by atoms with Crippen LogP contribution >= 0.6 is 0 Å². The number of carbonyl (C=O) groups is 2. The Morgan fingerprint density at radius 1 is 1.60 bits per heavy atom. The van der Waals surface area contributed by atoms with Gasteiger partial charge in [-0.05, 0) is 5.92 Å². The van der Waals surface area contributed by atoms with E-state index in [1.807, 2.05) is 13.8 Å². The van der Waals surface area contributed by atoms with Gasteiger partial charge in [0, 0.05) is 6.54 Å². The van der Waals surface area contributed by atoms with Gasteiger partial charge >= 0.3 is 0 Å². The van der Waals surface area contributed by atoms with Gasteiger partial charge in [0.25, 0.3) is 0 Å². The molecule has 0 aliphatic carbocycles. The van der Waals surface area contributed by atoms with Gasteiger partial charge < -0.3 is 10.2 Å². The molecule has 0 bridgehead atoms. The van der Waals surface area contributed by atoms with E-state index in [1.165, 1.54) is 4.90 Å². The van der Waals surface area contributed by atoms with E-state index < -0.39 is 12.7 Å². The van der Waals surface area contributed by atoms with E-state index in [4.69, 9.17) is 0 Å². The van der Waals surface area contributed by atoms with E-state index in [-0.39, 0.29) is 30.8 Å². The maximum absolute atomic E-state index is 12.3. The predicted molar refractivity (Wildman–Crippen MR) is 53.9 cm³/mol. The predicted octanol–water partition coefficient (Wildman–Crippen LogP) is 0.329. The molecule has 0 aromatic carbocycles. The molecule has 2 amide bonds. The van der Waals surface area contributed by atoms with Crippen molar-refractivity contribution >= 4 is 11.8 Å². The molecule has 4 nitrogen and oxygen atoms in total. The summed E-state index contributed by atoms with van der Waals surface area (Å²) in [6.07, 6.45) is 0.786. The number of nitrogens with one attached hydrogen (secondary N) is 1. The molecule has 2 unspecified atom stereocenters. The van der Waals surface area contributed by atoms with Gasteiger partial charge in [0.05, 0.1) is 6.54 Å². The van der Waals surface area contributed by atoms with Crippen LogP contribution in [0, 0.1) is 5.92 Å². The summed E-state index contributed by atoms with van der Waals surface area (Å²) >= 11 is 0. The van der Waals surface area contributed by atoms with Crippen LogP contribution in [0.1, 0.15) is 20.3 Å². The number of piperazine rings is 1. The molecular formula is C10H17FN2O2. The minimum absolute atomic E-state index is 0.00817. The monoisotopic (exact) mass is 216 g/mol. The molecule has 1 rings (SSSR count). The van der Waals surface area contributed by atoms with Crippen LogP contribution in [0.5, 0.6) is 0 Å². The maximum atomic E-state index is 12.3. The van der Waals surface area contributed by atoms with Gasteiger partial charge in [-0.25, -0.2) is 4.39 Å². The van der Waals surface area contributed by atoms with Crippen LogP contribution < -0.4 is 5.32 Å². The van der Waals surface area contributed by atoms with E-state index in [0.717, 1.165) is 6.42 Å². The molecule has 0 radical (unpaired) electrons. The number of hydrogen-bond acceptors (Lipinski definition) is 2. The number of carbonyl (C=O) groups excluding carboxylic acids is 2. The molecule has 5 heteroatoms. The zero-order valence-electron chi connectivity index (χ0n) is 9.12. The molecule has 2 atom stereocenters. The summed E-state index contributed by atoms with van der Waals surface area (Å²) in [7, 11) is 0. The topological polar surface area (TPSA) is 49.4 Å². The molecule has 1 fully saturated rings. The van der Waals surface area contributed by atoms with Crippen LogP contribution in [0.2, 0.25) is 0 Å². The molecule has 1 aliphatic heterocycles. The number of alkyl halides is 1. The Kier molecular flexibility index (Phi) is 4.05. The Bertz CT molecular complexity index is 258. The van der Waals surface area contributed by atoms with Crippen molar-refractivity contribution in [1.82, 2.24) is 10.2 Å². The molecule has 1 heterocycles. The number of hydrogen-bond donors (Lipinski definition) is 1. The second-order valence-corrected chi connectivity index (χ2v) is 3.82. The fourth-order valence-electron chi connectivity index (χ4n) is 1.81. The largest absolute Gasteiger partial charge is 0.345 e. The molecule has 0 aromatic heterocycles. The normalized spacial score (nSPS) is 23.9. The average Bonchev–Trinajstić information content (AvgIpc) is 2.23. The van der Waals surface area contributed by atoms with Gasteiger partial charge in [-0.15, -0.1) is 0 Å². The number of rotatable bonds is 4. The van der Waals surface area contributed by atoms with Crippen LogP contribution in [0.3, 0.4) is 0 Å². The van der Waals surface area contributed by atoms with E-state index in [0.29, 0.717) is 0 Å². The molecular weight excluding hydrogens is 199 g/mol. The van der Waals surface area contributed by atoms with Crippen molar-refractivity contribution in [2.45, 2.75) is 26.3 Å². The fourth-order valence-corrected chi connectivity index (χ4v) is 1.81. The number of nitrogens with zero attached hydrogens (tertiary/aromatic N) is 1. The third-order valence-electron chi connectivity index (χ3n) is 2.85. The fraction of sp³-hybridized carbons (Fsp3) is 0.800. The summed E-state index contributed by atoms with van der Waals surface area (Å²) in [5.74, 6) is -0.309. The van der Waals surface area contributed by atoms with Crippen molar-refractivity contribution in [2.24, 2.45) is 5.92 Å². The van der Waals surface area contributed by atoms with Gasteiger partial charge in [-0.2, -0.15) is 0 Å². The summed E-state index contributed by atoms with van der Waals surface area (Å²) in [5.41, 5.74) is 0. The van der Waals surface area contributed by atoms with Gasteiger partial charge in [0.15, 0.2) is 0 Å². The molecule has 1 N–H and O–H groups in total. The lowest BCUT2D eigenvalue weighted by Crippen LogP contribution is -2.60. The molecule has 0 spiro atoms.